The lowest BCUT2D eigenvalue weighted by Crippen LogP contribution is -2.25. The van der Waals surface area contributed by atoms with Gasteiger partial charge in [0.2, 0.25) is 0 Å². The van der Waals surface area contributed by atoms with E-state index in [4.69, 9.17) is 0 Å². The predicted molar refractivity (Wildman–Crippen MR) is 78.8 cm³/mol. The summed E-state index contributed by atoms with van der Waals surface area (Å²) in [5, 5.41) is 3.73. The zero-order valence-electron chi connectivity index (χ0n) is 12.3. The van der Waals surface area contributed by atoms with Crippen molar-refractivity contribution in [1.82, 2.24) is 5.32 Å². The van der Waals surface area contributed by atoms with Gasteiger partial charge in [0.05, 0.1) is 0 Å². The average molecular weight is 245 g/mol. The van der Waals surface area contributed by atoms with Crippen LogP contribution in [0.1, 0.15) is 55.8 Å². The van der Waals surface area contributed by atoms with Crippen LogP contribution in [-0.4, -0.2) is 6.54 Å². The summed E-state index contributed by atoms with van der Waals surface area (Å²) in [5.41, 5.74) is 4.22. The molecule has 1 aliphatic rings. The maximum Gasteiger partial charge on any atom is 0.0294 e. The van der Waals surface area contributed by atoms with Crippen LogP contribution in [0.2, 0.25) is 0 Å². The first-order chi connectivity index (χ1) is 8.56. The van der Waals surface area contributed by atoms with E-state index in [1.165, 1.54) is 42.5 Å². The normalized spacial score (nSPS) is 25.3. The molecule has 0 spiro atoms. The fraction of sp³-hybridized carbons (Fsp3) is 0.647. The van der Waals surface area contributed by atoms with Gasteiger partial charge >= 0.3 is 0 Å². The highest BCUT2D eigenvalue weighted by Crippen LogP contribution is 2.30. The Morgan fingerprint density at radius 2 is 2.06 bits per heavy atom. The number of rotatable bonds is 4. The second kappa shape index (κ2) is 5.88. The van der Waals surface area contributed by atoms with E-state index in [2.05, 4.69) is 51.2 Å². The summed E-state index contributed by atoms with van der Waals surface area (Å²) in [7, 11) is 0. The number of hydrogen-bond donors (Lipinski definition) is 1. The summed E-state index contributed by atoms with van der Waals surface area (Å²) in [6.07, 6.45) is 4.24. The van der Waals surface area contributed by atoms with Crippen LogP contribution in [0.3, 0.4) is 0 Å². The lowest BCUT2D eigenvalue weighted by atomic mass is 9.99. The maximum absolute atomic E-state index is 3.73. The first kappa shape index (κ1) is 13.6. The van der Waals surface area contributed by atoms with Gasteiger partial charge in [0, 0.05) is 6.04 Å². The van der Waals surface area contributed by atoms with Gasteiger partial charge in [-0.1, -0.05) is 37.1 Å². The van der Waals surface area contributed by atoms with E-state index in [0.29, 0.717) is 6.04 Å². The van der Waals surface area contributed by atoms with E-state index >= 15 is 0 Å². The minimum absolute atomic E-state index is 0.473. The molecule has 1 fully saturated rings. The van der Waals surface area contributed by atoms with E-state index in [1.54, 1.807) is 0 Å². The molecule has 0 aliphatic heterocycles. The van der Waals surface area contributed by atoms with E-state index in [-0.39, 0.29) is 0 Å². The first-order valence-corrected chi connectivity index (χ1v) is 7.36. The molecule has 0 heterocycles. The Balaban J connectivity index is 1.91. The van der Waals surface area contributed by atoms with Gasteiger partial charge in [-0.15, -0.1) is 0 Å². The molecule has 0 bridgehead atoms. The Morgan fingerprint density at radius 1 is 1.28 bits per heavy atom. The number of benzene rings is 1. The maximum atomic E-state index is 3.73. The van der Waals surface area contributed by atoms with Crippen LogP contribution in [0.4, 0.5) is 0 Å². The molecule has 0 aromatic heterocycles. The van der Waals surface area contributed by atoms with Crippen molar-refractivity contribution in [3.63, 3.8) is 0 Å². The third-order valence-corrected chi connectivity index (χ3v) is 4.42. The fourth-order valence-corrected chi connectivity index (χ4v) is 3.19. The molecule has 0 radical (unpaired) electrons. The highest BCUT2D eigenvalue weighted by atomic mass is 14.9. The number of nitrogens with one attached hydrogen (secondary N) is 1. The van der Waals surface area contributed by atoms with Crippen molar-refractivity contribution in [2.24, 2.45) is 11.8 Å². The lowest BCUT2D eigenvalue weighted by molar-refractivity contribution is 0.439. The summed E-state index contributed by atoms with van der Waals surface area (Å²) in [5.74, 6) is 1.83. The minimum Gasteiger partial charge on any atom is -0.310 e. The SMILES string of the molecule is Cc1ccc(C)c(C(C)NCC2CCC(C)C2)c1. The minimum atomic E-state index is 0.473. The molecule has 1 saturated carbocycles. The van der Waals surface area contributed by atoms with Crippen molar-refractivity contribution >= 4 is 0 Å². The Morgan fingerprint density at radius 3 is 2.72 bits per heavy atom. The quantitative estimate of drug-likeness (QED) is 0.829. The van der Waals surface area contributed by atoms with E-state index in [1.807, 2.05) is 0 Å². The second-order valence-corrected chi connectivity index (χ2v) is 6.27. The van der Waals surface area contributed by atoms with Gasteiger partial charge in [-0.05, 0) is 63.1 Å². The van der Waals surface area contributed by atoms with Gasteiger partial charge in [0.25, 0.3) is 0 Å². The molecule has 1 aromatic carbocycles. The molecule has 1 nitrogen and oxygen atoms in total. The average Bonchev–Trinajstić information content (AvgIpc) is 2.75. The summed E-state index contributed by atoms with van der Waals surface area (Å²) in [6.45, 7) is 10.2. The molecule has 1 heteroatoms. The molecule has 1 N–H and O–H groups in total. The lowest BCUT2D eigenvalue weighted by Gasteiger charge is -2.20. The molecule has 3 unspecified atom stereocenters. The van der Waals surface area contributed by atoms with Gasteiger partial charge < -0.3 is 5.32 Å². The summed E-state index contributed by atoms with van der Waals surface area (Å²) in [4.78, 5) is 0. The highest BCUT2D eigenvalue weighted by molar-refractivity contribution is 5.32. The fourth-order valence-electron chi connectivity index (χ4n) is 3.19. The Labute approximate surface area is 112 Å². The van der Waals surface area contributed by atoms with Crippen LogP contribution in [0.15, 0.2) is 18.2 Å². The number of hydrogen-bond acceptors (Lipinski definition) is 1. The summed E-state index contributed by atoms with van der Waals surface area (Å²) < 4.78 is 0. The van der Waals surface area contributed by atoms with Crippen LogP contribution in [-0.2, 0) is 0 Å². The Hall–Kier alpha value is -0.820. The first-order valence-electron chi connectivity index (χ1n) is 7.36. The molecule has 3 atom stereocenters. The smallest absolute Gasteiger partial charge is 0.0294 e. The van der Waals surface area contributed by atoms with Crippen molar-refractivity contribution in [2.45, 2.75) is 53.0 Å². The van der Waals surface area contributed by atoms with Crippen molar-refractivity contribution < 1.29 is 0 Å². The third-order valence-electron chi connectivity index (χ3n) is 4.42. The third kappa shape index (κ3) is 3.35. The van der Waals surface area contributed by atoms with Crippen LogP contribution < -0.4 is 5.32 Å². The molecule has 0 saturated heterocycles. The highest BCUT2D eigenvalue weighted by Gasteiger charge is 2.21. The Kier molecular flexibility index (Phi) is 4.45. The zero-order chi connectivity index (χ0) is 13.1. The molecule has 1 aliphatic carbocycles. The van der Waals surface area contributed by atoms with Crippen molar-refractivity contribution in [3.8, 4) is 0 Å². The van der Waals surface area contributed by atoms with Crippen molar-refractivity contribution in [1.29, 1.82) is 0 Å². The van der Waals surface area contributed by atoms with Crippen LogP contribution in [0, 0.1) is 25.7 Å². The molecule has 1 aromatic rings. The van der Waals surface area contributed by atoms with Gasteiger partial charge in [-0.25, -0.2) is 0 Å². The monoisotopic (exact) mass is 245 g/mol. The van der Waals surface area contributed by atoms with Gasteiger partial charge in [-0.2, -0.15) is 0 Å². The molecule has 0 amide bonds. The number of aryl methyl sites for hydroxylation is 2. The summed E-state index contributed by atoms with van der Waals surface area (Å²) in [6, 6.07) is 7.23. The van der Waals surface area contributed by atoms with E-state index < -0.39 is 0 Å². The van der Waals surface area contributed by atoms with Crippen LogP contribution in [0.5, 0.6) is 0 Å². The molecule has 2 rings (SSSR count). The molecular weight excluding hydrogens is 218 g/mol. The van der Waals surface area contributed by atoms with E-state index in [9.17, 15) is 0 Å². The van der Waals surface area contributed by atoms with Crippen LogP contribution >= 0.6 is 0 Å². The molecule has 18 heavy (non-hydrogen) atoms. The second-order valence-electron chi connectivity index (χ2n) is 6.27. The predicted octanol–water partition coefficient (Wildman–Crippen LogP) is 4.39. The summed E-state index contributed by atoms with van der Waals surface area (Å²) >= 11 is 0. The van der Waals surface area contributed by atoms with Gasteiger partial charge in [0.1, 0.15) is 0 Å². The van der Waals surface area contributed by atoms with Crippen molar-refractivity contribution in [2.75, 3.05) is 6.54 Å². The molecular formula is C17H27N. The van der Waals surface area contributed by atoms with E-state index in [0.717, 1.165) is 11.8 Å². The topological polar surface area (TPSA) is 12.0 Å². The van der Waals surface area contributed by atoms with Crippen LogP contribution in [0.25, 0.3) is 0 Å². The Bertz CT molecular complexity index is 397. The zero-order valence-corrected chi connectivity index (χ0v) is 12.3. The van der Waals surface area contributed by atoms with Crippen molar-refractivity contribution in [3.05, 3.63) is 34.9 Å². The largest absolute Gasteiger partial charge is 0.310 e. The van der Waals surface area contributed by atoms with Gasteiger partial charge in [0.15, 0.2) is 0 Å². The van der Waals surface area contributed by atoms with Gasteiger partial charge in [-0.3, -0.25) is 0 Å². The standard InChI is InChI=1S/C17H27N/c1-12-6-8-16(9-12)11-18-15(4)17-10-13(2)5-7-14(17)3/h5,7,10,12,15-16,18H,6,8-9,11H2,1-4H3. The molecule has 100 valence electrons.